The standard InChI is InChI=1S/C7H11Cl3/c1-6(3-4-8)5-7(2,9)10/h3H,4-5H2,1-2H3. The molecule has 0 aromatic heterocycles. The maximum absolute atomic E-state index is 5.75. The van der Waals surface area contributed by atoms with E-state index in [4.69, 9.17) is 34.8 Å². The van der Waals surface area contributed by atoms with Crippen LogP contribution >= 0.6 is 34.8 Å². The quantitative estimate of drug-likeness (QED) is 0.482. The van der Waals surface area contributed by atoms with E-state index in [2.05, 4.69) is 0 Å². The largest absolute Gasteiger partial charge is 0.122 e. The molecule has 0 unspecified atom stereocenters. The second-order valence-corrected chi connectivity index (χ2v) is 4.62. The van der Waals surface area contributed by atoms with E-state index in [9.17, 15) is 0 Å². The molecule has 0 aromatic carbocycles. The summed E-state index contributed by atoms with van der Waals surface area (Å²) in [5.74, 6) is 0.524. The third-order valence-electron chi connectivity index (χ3n) is 1.01. The highest BCUT2D eigenvalue weighted by Crippen LogP contribution is 2.27. The number of rotatable bonds is 3. The van der Waals surface area contributed by atoms with Crippen LogP contribution in [0.3, 0.4) is 0 Å². The summed E-state index contributed by atoms with van der Waals surface area (Å²) >= 11 is 17.0. The van der Waals surface area contributed by atoms with Gasteiger partial charge in [0.05, 0.1) is 0 Å². The molecular weight excluding hydrogens is 190 g/mol. The third-order valence-corrected chi connectivity index (χ3v) is 1.44. The lowest BCUT2D eigenvalue weighted by molar-refractivity contribution is 0.840. The summed E-state index contributed by atoms with van der Waals surface area (Å²) in [6.07, 6.45) is 2.58. The zero-order chi connectivity index (χ0) is 8.20. The molecule has 0 aliphatic heterocycles. The molecule has 0 amide bonds. The highest BCUT2D eigenvalue weighted by atomic mass is 35.5. The van der Waals surface area contributed by atoms with E-state index in [1.165, 1.54) is 0 Å². The molecule has 60 valence electrons. The SMILES string of the molecule is CC(=CCCl)CC(C)(Cl)Cl. The van der Waals surface area contributed by atoms with Crippen molar-refractivity contribution in [1.82, 2.24) is 0 Å². The lowest BCUT2D eigenvalue weighted by Crippen LogP contribution is -2.05. The van der Waals surface area contributed by atoms with Gasteiger partial charge in [0, 0.05) is 12.3 Å². The average molecular weight is 202 g/mol. The minimum atomic E-state index is -0.660. The van der Waals surface area contributed by atoms with Crippen molar-refractivity contribution in [3.8, 4) is 0 Å². The molecule has 3 heteroatoms. The van der Waals surface area contributed by atoms with Gasteiger partial charge in [0.2, 0.25) is 0 Å². The van der Waals surface area contributed by atoms with Gasteiger partial charge in [-0.2, -0.15) is 0 Å². The van der Waals surface area contributed by atoms with Crippen LogP contribution in [-0.4, -0.2) is 10.2 Å². The van der Waals surface area contributed by atoms with Crippen LogP contribution in [0.1, 0.15) is 20.3 Å². The molecule has 0 nitrogen and oxygen atoms in total. The second-order valence-electron chi connectivity index (χ2n) is 2.45. The molecule has 0 N–H and O–H groups in total. The highest BCUT2D eigenvalue weighted by molar-refractivity contribution is 6.48. The minimum absolute atomic E-state index is 0.524. The summed E-state index contributed by atoms with van der Waals surface area (Å²) in [4.78, 5) is 0. The van der Waals surface area contributed by atoms with Gasteiger partial charge >= 0.3 is 0 Å². The number of alkyl halides is 3. The van der Waals surface area contributed by atoms with Crippen molar-refractivity contribution in [1.29, 1.82) is 0 Å². The zero-order valence-electron chi connectivity index (χ0n) is 6.13. The molecule has 0 aliphatic rings. The second kappa shape index (κ2) is 4.48. The Kier molecular flexibility index (Phi) is 4.75. The van der Waals surface area contributed by atoms with Crippen molar-refractivity contribution in [3.63, 3.8) is 0 Å². The van der Waals surface area contributed by atoms with Crippen LogP contribution in [0.2, 0.25) is 0 Å². The molecule has 0 aromatic rings. The highest BCUT2D eigenvalue weighted by Gasteiger charge is 2.15. The van der Waals surface area contributed by atoms with E-state index in [1.807, 2.05) is 13.0 Å². The van der Waals surface area contributed by atoms with Gasteiger partial charge in [0.25, 0.3) is 0 Å². The minimum Gasteiger partial charge on any atom is -0.122 e. The van der Waals surface area contributed by atoms with Crippen LogP contribution in [0.15, 0.2) is 11.6 Å². The number of hydrogen-bond donors (Lipinski definition) is 0. The molecule has 0 saturated carbocycles. The third kappa shape index (κ3) is 6.73. The summed E-state index contributed by atoms with van der Waals surface area (Å²) in [7, 11) is 0. The van der Waals surface area contributed by atoms with Crippen molar-refractivity contribution in [3.05, 3.63) is 11.6 Å². The molecule has 0 radical (unpaired) electrons. The molecule has 0 atom stereocenters. The van der Waals surface area contributed by atoms with Gasteiger partial charge in [-0.05, 0) is 13.8 Å². The van der Waals surface area contributed by atoms with Gasteiger partial charge in [-0.3, -0.25) is 0 Å². The smallest absolute Gasteiger partial charge is 0.119 e. The van der Waals surface area contributed by atoms with Crippen molar-refractivity contribution >= 4 is 34.8 Å². The molecule has 0 saturated heterocycles. The molecule has 0 fully saturated rings. The fourth-order valence-electron chi connectivity index (χ4n) is 0.693. The van der Waals surface area contributed by atoms with Gasteiger partial charge in [-0.25, -0.2) is 0 Å². The predicted molar refractivity (Wildman–Crippen MR) is 49.2 cm³/mol. The maximum Gasteiger partial charge on any atom is 0.119 e. The molecule has 0 spiro atoms. The molecule has 0 bridgehead atoms. The summed E-state index contributed by atoms with van der Waals surface area (Å²) in [5, 5.41) is 0. The van der Waals surface area contributed by atoms with E-state index >= 15 is 0 Å². The van der Waals surface area contributed by atoms with E-state index < -0.39 is 4.33 Å². The van der Waals surface area contributed by atoms with Crippen LogP contribution in [0.5, 0.6) is 0 Å². The summed E-state index contributed by atoms with van der Waals surface area (Å²) < 4.78 is -0.660. The lowest BCUT2D eigenvalue weighted by atomic mass is 10.2. The summed E-state index contributed by atoms with van der Waals surface area (Å²) in [6.45, 7) is 3.73. The Balaban J connectivity index is 3.79. The van der Waals surface area contributed by atoms with Gasteiger partial charge in [-0.15, -0.1) is 34.8 Å². The van der Waals surface area contributed by atoms with E-state index in [0.717, 1.165) is 5.57 Å². The Labute approximate surface area is 77.1 Å². The lowest BCUT2D eigenvalue weighted by Gasteiger charge is -2.12. The first kappa shape index (κ1) is 10.6. The van der Waals surface area contributed by atoms with Crippen molar-refractivity contribution in [2.24, 2.45) is 0 Å². The van der Waals surface area contributed by atoms with Gasteiger partial charge in [-0.1, -0.05) is 11.6 Å². The van der Waals surface area contributed by atoms with Crippen LogP contribution in [0, 0.1) is 0 Å². The van der Waals surface area contributed by atoms with Gasteiger partial charge in [0.1, 0.15) is 4.33 Å². The van der Waals surface area contributed by atoms with E-state index in [-0.39, 0.29) is 0 Å². The number of allylic oxidation sites excluding steroid dienone is 2. The van der Waals surface area contributed by atoms with E-state index in [1.54, 1.807) is 6.92 Å². The van der Waals surface area contributed by atoms with Gasteiger partial charge in [0.15, 0.2) is 0 Å². The van der Waals surface area contributed by atoms with Crippen LogP contribution in [0.4, 0.5) is 0 Å². The Morgan fingerprint density at radius 2 is 2.00 bits per heavy atom. The van der Waals surface area contributed by atoms with Crippen LogP contribution in [0.25, 0.3) is 0 Å². The van der Waals surface area contributed by atoms with Crippen molar-refractivity contribution in [2.75, 3.05) is 5.88 Å². The number of hydrogen-bond acceptors (Lipinski definition) is 0. The van der Waals surface area contributed by atoms with Gasteiger partial charge < -0.3 is 0 Å². The summed E-state index contributed by atoms with van der Waals surface area (Å²) in [5.41, 5.74) is 1.13. The molecule has 10 heavy (non-hydrogen) atoms. The Bertz CT molecular complexity index is 121. The first-order chi connectivity index (χ1) is 4.45. The Hall–Kier alpha value is 0.610. The fraction of sp³-hybridized carbons (Fsp3) is 0.714. The predicted octanol–water partition coefficient (Wildman–Crippen LogP) is 3.76. The van der Waals surface area contributed by atoms with Crippen LogP contribution < -0.4 is 0 Å². The molecule has 0 rings (SSSR count). The first-order valence-electron chi connectivity index (χ1n) is 3.05. The van der Waals surface area contributed by atoms with Crippen LogP contribution in [-0.2, 0) is 0 Å². The molecule has 0 aliphatic carbocycles. The molecule has 0 heterocycles. The number of halogens is 3. The Morgan fingerprint density at radius 1 is 1.50 bits per heavy atom. The van der Waals surface area contributed by atoms with E-state index in [0.29, 0.717) is 12.3 Å². The van der Waals surface area contributed by atoms with Crippen molar-refractivity contribution < 1.29 is 0 Å². The maximum atomic E-state index is 5.75. The molecular formula is C7H11Cl3. The fourth-order valence-corrected chi connectivity index (χ4v) is 1.38. The summed E-state index contributed by atoms with van der Waals surface area (Å²) in [6, 6.07) is 0. The average Bonchev–Trinajstić information content (AvgIpc) is 1.59. The van der Waals surface area contributed by atoms with Crippen molar-refractivity contribution in [2.45, 2.75) is 24.6 Å². The monoisotopic (exact) mass is 200 g/mol. The first-order valence-corrected chi connectivity index (χ1v) is 4.34. The normalized spacial score (nSPS) is 13.9. The topological polar surface area (TPSA) is 0 Å². The zero-order valence-corrected chi connectivity index (χ0v) is 8.39. The Morgan fingerprint density at radius 3 is 2.30 bits per heavy atom.